The van der Waals surface area contributed by atoms with E-state index in [4.69, 9.17) is 4.74 Å². The molecule has 5 heteroatoms. The van der Waals surface area contributed by atoms with Crippen LogP contribution in [-0.4, -0.2) is 61.5 Å². The first kappa shape index (κ1) is 14.9. The number of ether oxygens (including phenoxy) is 1. The smallest absolute Gasteiger partial charge is 0.151 e. The first-order valence-electron chi connectivity index (χ1n) is 7.72. The molecule has 1 aromatic carbocycles. The average Bonchev–Trinajstić information content (AvgIpc) is 2.61. The molecule has 22 heavy (non-hydrogen) atoms. The number of methoxy groups -OCH3 is 1. The summed E-state index contributed by atoms with van der Waals surface area (Å²) in [4.78, 5) is 4.72. The van der Waals surface area contributed by atoms with Crippen LogP contribution in [0.3, 0.4) is 0 Å². The van der Waals surface area contributed by atoms with E-state index in [0.717, 1.165) is 56.4 Å². The number of hydrogen-bond acceptors (Lipinski definition) is 5. The molecule has 1 aliphatic rings. The van der Waals surface area contributed by atoms with Crippen molar-refractivity contribution in [2.75, 3.05) is 51.3 Å². The lowest BCUT2D eigenvalue weighted by Crippen LogP contribution is -2.47. The molecule has 0 unspecified atom stereocenters. The first-order valence-corrected chi connectivity index (χ1v) is 7.72. The summed E-state index contributed by atoms with van der Waals surface area (Å²) >= 11 is 0. The van der Waals surface area contributed by atoms with Crippen molar-refractivity contribution in [1.29, 1.82) is 0 Å². The second kappa shape index (κ2) is 7.33. The van der Waals surface area contributed by atoms with E-state index in [1.165, 1.54) is 0 Å². The predicted octanol–water partition coefficient (Wildman–Crippen LogP) is 1.91. The van der Waals surface area contributed by atoms with Gasteiger partial charge in [-0.05, 0) is 12.1 Å². The Bertz CT molecular complexity index is 565. The summed E-state index contributed by atoms with van der Waals surface area (Å²) in [5.41, 5.74) is 2.02. The molecule has 0 atom stereocenters. The molecule has 1 fully saturated rings. The maximum atomic E-state index is 5.13. The summed E-state index contributed by atoms with van der Waals surface area (Å²) in [5, 5.41) is 8.77. The van der Waals surface area contributed by atoms with Gasteiger partial charge in [0.2, 0.25) is 0 Å². The molecule has 0 N–H and O–H groups in total. The lowest BCUT2D eigenvalue weighted by Gasteiger charge is -2.34. The monoisotopic (exact) mass is 298 g/mol. The van der Waals surface area contributed by atoms with Crippen molar-refractivity contribution in [3.05, 3.63) is 42.5 Å². The average molecular weight is 298 g/mol. The Labute approximate surface area is 131 Å². The number of hydrogen-bond donors (Lipinski definition) is 0. The minimum absolute atomic E-state index is 0.797. The fourth-order valence-corrected chi connectivity index (χ4v) is 2.68. The second-order valence-corrected chi connectivity index (χ2v) is 5.46. The van der Waals surface area contributed by atoms with Gasteiger partial charge >= 0.3 is 0 Å². The summed E-state index contributed by atoms with van der Waals surface area (Å²) in [7, 11) is 1.75. The Kier molecular flexibility index (Phi) is 4.98. The number of nitrogens with zero attached hydrogens (tertiary/aromatic N) is 4. The van der Waals surface area contributed by atoms with Crippen LogP contribution in [-0.2, 0) is 4.74 Å². The molecule has 1 aliphatic heterocycles. The van der Waals surface area contributed by atoms with Crippen molar-refractivity contribution in [2.24, 2.45) is 0 Å². The van der Waals surface area contributed by atoms with Gasteiger partial charge in [-0.2, -0.15) is 0 Å². The molecule has 1 aromatic heterocycles. The molecule has 0 amide bonds. The number of piperazine rings is 1. The van der Waals surface area contributed by atoms with E-state index in [0.29, 0.717) is 0 Å². The molecular weight excluding hydrogens is 276 g/mol. The van der Waals surface area contributed by atoms with Gasteiger partial charge in [0.05, 0.1) is 12.3 Å². The van der Waals surface area contributed by atoms with Crippen molar-refractivity contribution >= 4 is 5.82 Å². The Morgan fingerprint density at radius 1 is 0.955 bits per heavy atom. The molecule has 2 aromatic rings. The highest BCUT2D eigenvalue weighted by Gasteiger charge is 2.17. The van der Waals surface area contributed by atoms with E-state index in [-0.39, 0.29) is 0 Å². The number of rotatable bonds is 5. The number of anilines is 1. The highest BCUT2D eigenvalue weighted by atomic mass is 16.5. The highest BCUT2D eigenvalue weighted by Crippen LogP contribution is 2.18. The van der Waals surface area contributed by atoms with Crippen LogP contribution in [0.2, 0.25) is 0 Å². The van der Waals surface area contributed by atoms with Crippen LogP contribution < -0.4 is 4.90 Å². The minimum Gasteiger partial charge on any atom is -0.383 e. The molecule has 0 radical (unpaired) electrons. The van der Waals surface area contributed by atoms with Gasteiger partial charge in [0, 0.05) is 45.4 Å². The molecule has 3 rings (SSSR count). The van der Waals surface area contributed by atoms with Gasteiger partial charge in [-0.15, -0.1) is 10.2 Å². The van der Waals surface area contributed by atoms with Crippen molar-refractivity contribution < 1.29 is 4.74 Å². The molecule has 0 spiro atoms. The molecular formula is C17H22N4O. The fourth-order valence-electron chi connectivity index (χ4n) is 2.68. The quantitative estimate of drug-likeness (QED) is 0.843. The Morgan fingerprint density at radius 3 is 2.36 bits per heavy atom. The van der Waals surface area contributed by atoms with Gasteiger partial charge in [0.15, 0.2) is 5.82 Å². The Morgan fingerprint density at radius 2 is 1.73 bits per heavy atom. The molecule has 1 saturated heterocycles. The summed E-state index contributed by atoms with van der Waals surface area (Å²) < 4.78 is 5.13. The zero-order valence-corrected chi connectivity index (χ0v) is 13.0. The lowest BCUT2D eigenvalue weighted by molar-refractivity contribution is 0.144. The van der Waals surface area contributed by atoms with Crippen LogP contribution >= 0.6 is 0 Å². The molecule has 0 bridgehead atoms. The van der Waals surface area contributed by atoms with E-state index in [1.54, 1.807) is 7.11 Å². The van der Waals surface area contributed by atoms with Crippen molar-refractivity contribution in [3.63, 3.8) is 0 Å². The van der Waals surface area contributed by atoms with E-state index in [2.05, 4.69) is 44.3 Å². The number of aromatic nitrogens is 2. The third-order valence-electron chi connectivity index (χ3n) is 4.03. The van der Waals surface area contributed by atoms with Gasteiger partial charge in [-0.1, -0.05) is 30.3 Å². The van der Waals surface area contributed by atoms with E-state index < -0.39 is 0 Å². The van der Waals surface area contributed by atoms with Crippen LogP contribution in [0.5, 0.6) is 0 Å². The topological polar surface area (TPSA) is 41.5 Å². The summed E-state index contributed by atoms with van der Waals surface area (Å²) in [5.74, 6) is 0.964. The molecule has 5 nitrogen and oxygen atoms in total. The fraction of sp³-hybridized carbons (Fsp3) is 0.412. The highest BCUT2D eigenvalue weighted by molar-refractivity contribution is 5.59. The summed E-state index contributed by atoms with van der Waals surface area (Å²) in [6.45, 7) is 5.87. The van der Waals surface area contributed by atoms with Gasteiger partial charge < -0.3 is 9.64 Å². The number of benzene rings is 1. The van der Waals surface area contributed by atoms with E-state index >= 15 is 0 Å². The van der Waals surface area contributed by atoms with Gasteiger partial charge in [-0.3, -0.25) is 4.90 Å². The molecule has 0 aliphatic carbocycles. The Balaban J connectivity index is 1.60. The van der Waals surface area contributed by atoms with Crippen LogP contribution in [0.15, 0.2) is 42.5 Å². The third-order valence-corrected chi connectivity index (χ3v) is 4.03. The van der Waals surface area contributed by atoms with E-state index in [1.807, 2.05) is 18.2 Å². The van der Waals surface area contributed by atoms with Gasteiger partial charge in [0.25, 0.3) is 0 Å². The maximum Gasteiger partial charge on any atom is 0.151 e. The second-order valence-electron chi connectivity index (χ2n) is 5.46. The lowest BCUT2D eigenvalue weighted by atomic mass is 10.1. The van der Waals surface area contributed by atoms with Crippen molar-refractivity contribution in [3.8, 4) is 11.3 Å². The normalized spacial score (nSPS) is 16.0. The van der Waals surface area contributed by atoms with E-state index in [9.17, 15) is 0 Å². The summed E-state index contributed by atoms with van der Waals surface area (Å²) in [6.07, 6.45) is 0. The van der Waals surface area contributed by atoms with Crippen LogP contribution in [0, 0.1) is 0 Å². The zero-order valence-electron chi connectivity index (χ0n) is 13.0. The van der Waals surface area contributed by atoms with Crippen molar-refractivity contribution in [1.82, 2.24) is 15.1 Å². The largest absolute Gasteiger partial charge is 0.383 e. The van der Waals surface area contributed by atoms with Crippen LogP contribution in [0.1, 0.15) is 0 Å². The zero-order chi connectivity index (χ0) is 15.2. The Hall–Kier alpha value is -1.98. The SMILES string of the molecule is COCCN1CCN(c2ccc(-c3ccccc3)nn2)CC1. The van der Waals surface area contributed by atoms with Gasteiger partial charge in [0.1, 0.15) is 0 Å². The molecule has 0 saturated carbocycles. The first-order chi connectivity index (χ1) is 10.9. The van der Waals surface area contributed by atoms with Crippen molar-refractivity contribution in [2.45, 2.75) is 0 Å². The van der Waals surface area contributed by atoms with Crippen LogP contribution in [0.25, 0.3) is 11.3 Å². The van der Waals surface area contributed by atoms with Gasteiger partial charge in [-0.25, -0.2) is 0 Å². The minimum atomic E-state index is 0.797. The van der Waals surface area contributed by atoms with Crippen LogP contribution in [0.4, 0.5) is 5.82 Å². The molecule has 2 heterocycles. The standard InChI is InChI=1S/C17H22N4O/c1-22-14-13-20-9-11-21(12-10-20)17-8-7-16(18-19-17)15-5-3-2-4-6-15/h2-8H,9-14H2,1H3. The predicted molar refractivity (Wildman–Crippen MR) is 88.0 cm³/mol. The molecule has 116 valence electrons. The summed E-state index contributed by atoms with van der Waals surface area (Å²) in [6, 6.07) is 14.3. The third kappa shape index (κ3) is 3.61. The maximum absolute atomic E-state index is 5.13.